The molecule has 4 aliphatic rings. The molecule has 2 aromatic rings. The Morgan fingerprint density at radius 1 is 1.04 bits per heavy atom. The average Bonchev–Trinajstić information content (AvgIpc) is 3.09. The molecule has 6 rings (SSSR count). The normalized spacial score (nSPS) is 33.6. The monoisotopic (exact) mass is 321 g/mol. The van der Waals surface area contributed by atoms with Crippen molar-refractivity contribution in [1.29, 1.82) is 0 Å². The first-order valence-corrected chi connectivity index (χ1v) is 9.10. The highest BCUT2D eigenvalue weighted by molar-refractivity contribution is 5.95. The Bertz CT molecular complexity index is 712. The van der Waals surface area contributed by atoms with E-state index < -0.39 is 0 Å². The number of hydrogen-bond acceptors (Lipinski definition) is 2. The third-order valence-corrected chi connectivity index (χ3v) is 6.47. The van der Waals surface area contributed by atoms with Crippen LogP contribution in [0.3, 0.4) is 0 Å². The summed E-state index contributed by atoms with van der Waals surface area (Å²) in [6.45, 7) is 0. The number of rotatable bonds is 3. The van der Waals surface area contributed by atoms with Crippen LogP contribution in [0.2, 0.25) is 0 Å². The Morgan fingerprint density at radius 2 is 1.67 bits per heavy atom. The van der Waals surface area contributed by atoms with E-state index in [-0.39, 0.29) is 11.3 Å². The third-order valence-electron chi connectivity index (χ3n) is 6.47. The molecule has 24 heavy (non-hydrogen) atoms. The van der Waals surface area contributed by atoms with E-state index in [4.69, 9.17) is 0 Å². The van der Waals surface area contributed by atoms with Crippen LogP contribution in [0.4, 0.5) is 5.69 Å². The minimum absolute atomic E-state index is 0.0865. The second-order valence-corrected chi connectivity index (χ2v) is 8.19. The molecule has 4 bridgehead atoms. The van der Waals surface area contributed by atoms with Crippen molar-refractivity contribution < 1.29 is 4.79 Å². The van der Waals surface area contributed by atoms with E-state index in [0.29, 0.717) is 0 Å². The van der Waals surface area contributed by atoms with Gasteiger partial charge in [-0.15, -0.1) is 0 Å². The Kier molecular flexibility index (Phi) is 3.09. The molecule has 1 aromatic heterocycles. The lowest BCUT2D eigenvalue weighted by Crippen LogP contribution is -2.51. The molecule has 0 aliphatic heterocycles. The number of nitrogens with zero attached hydrogens (tertiary/aromatic N) is 1. The first-order chi connectivity index (χ1) is 11.7. The summed E-state index contributed by atoms with van der Waals surface area (Å²) < 4.78 is 0. The molecular weight excluding hydrogens is 298 g/mol. The van der Waals surface area contributed by atoms with Crippen molar-refractivity contribution in [2.45, 2.75) is 38.5 Å². The van der Waals surface area contributed by atoms with Crippen LogP contribution in [-0.4, -0.2) is 15.9 Å². The Morgan fingerprint density at radius 3 is 2.21 bits per heavy atom. The van der Waals surface area contributed by atoms with Crippen molar-refractivity contribution in [3.63, 3.8) is 0 Å². The highest BCUT2D eigenvalue weighted by Crippen LogP contribution is 2.60. The maximum atomic E-state index is 13.1. The molecule has 4 saturated carbocycles. The summed E-state index contributed by atoms with van der Waals surface area (Å²) in [5, 5.41) is 3.21. The van der Waals surface area contributed by atoms with Gasteiger partial charge in [0.2, 0.25) is 5.91 Å². The topological polar surface area (TPSA) is 57.8 Å². The predicted molar refractivity (Wildman–Crippen MR) is 93.3 cm³/mol. The van der Waals surface area contributed by atoms with Crippen LogP contribution in [0.5, 0.6) is 0 Å². The molecule has 1 amide bonds. The van der Waals surface area contributed by atoms with Gasteiger partial charge in [0.1, 0.15) is 0 Å². The van der Waals surface area contributed by atoms with Crippen LogP contribution in [0, 0.1) is 23.2 Å². The van der Waals surface area contributed by atoms with Crippen molar-refractivity contribution in [3.05, 3.63) is 36.8 Å². The molecular formula is C20H23N3O. The summed E-state index contributed by atoms with van der Waals surface area (Å²) in [5.41, 5.74) is 2.89. The molecule has 124 valence electrons. The Labute approximate surface area is 142 Å². The molecule has 0 spiro atoms. The van der Waals surface area contributed by atoms with E-state index >= 15 is 0 Å². The lowest BCUT2D eigenvalue weighted by molar-refractivity contribution is -0.140. The fourth-order valence-electron chi connectivity index (χ4n) is 5.80. The third kappa shape index (κ3) is 2.27. The van der Waals surface area contributed by atoms with Crippen LogP contribution in [0.1, 0.15) is 38.5 Å². The molecule has 4 heteroatoms. The molecule has 4 fully saturated rings. The summed E-state index contributed by atoms with van der Waals surface area (Å²) in [6.07, 6.45) is 10.9. The molecule has 2 N–H and O–H groups in total. The first kappa shape index (κ1) is 14.3. The quantitative estimate of drug-likeness (QED) is 0.888. The zero-order chi connectivity index (χ0) is 16.1. The number of carbonyl (C=O) groups is 1. The molecule has 0 unspecified atom stereocenters. The summed E-state index contributed by atoms with van der Waals surface area (Å²) >= 11 is 0. The minimum atomic E-state index is -0.0865. The van der Waals surface area contributed by atoms with Gasteiger partial charge in [0.15, 0.2) is 0 Å². The lowest BCUT2D eigenvalue weighted by Gasteiger charge is -2.55. The number of imidazole rings is 1. The fourth-order valence-corrected chi connectivity index (χ4v) is 5.80. The maximum absolute atomic E-state index is 13.1. The number of aromatic nitrogens is 2. The van der Waals surface area contributed by atoms with Crippen molar-refractivity contribution >= 4 is 11.6 Å². The molecule has 1 heterocycles. The van der Waals surface area contributed by atoms with Crippen LogP contribution >= 0.6 is 0 Å². The van der Waals surface area contributed by atoms with Crippen LogP contribution in [-0.2, 0) is 4.79 Å². The number of carbonyl (C=O) groups excluding carboxylic acids is 1. The number of amides is 1. The fraction of sp³-hybridized carbons (Fsp3) is 0.500. The minimum Gasteiger partial charge on any atom is -0.345 e. The smallest absolute Gasteiger partial charge is 0.230 e. The van der Waals surface area contributed by atoms with Crippen molar-refractivity contribution in [2.24, 2.45) is 23.2 Å². The summed E-state index contributed by atoms with van der Waals surface area (Å²) in [7, 11) is 0. The van der Waals surface area contributed by atoms with Crippen molar-refractivity contribution in [1.82, 2.24) is 9.97 Å². The standard InChI is InChI=1S/C20H23N3O/c24-19(20-8-13-5-14(9-20)7-15(6-13)10-20)23-17-3-1-16(2-4-17)18-11-21-12-22-18/h1-4,11-15H,5-10H2,(H,21,22)(H,23,24). The van der Waals surface area contributed by atoms with Gasteiger partial charge in [-0.25, -0.2) is 4.98 Å². The number of H-pyrrole nitrogens is 1. The van der Waals surface area contributed by atoms with Gasteiger partial charge in [-0.2, -0.15) is 0 Å². The average molecular weight is 321 g/mol. The molecule has 4 nitrogen and oxygen atoms in total. The van der Waals surface area contributed by atoms with Gasteiger partial charge in [0.25, 0.3) is 0 Å². The summed E-state index contributed by atoms with van der Waals surface area (Å²) in [6, 6.07) is 8.05. The number of nitrogens with one attached hydrogen (secondary N) is 2. The largest absolute Gasteiger partial charge is 0.345 e. The van der Waals surface area contributed by atoms with Gasteiger partial charge < -0.3 is 10.3 Å². The van der Waals surface area contributed by atoms with Gasteiger partial charge in [0.05, 0.1) is 23.6 Å². The second-order valence-electron chi connectivity index (χ2n) is 8.19. The molecule has 1 aromatic carbocycles. The van der Waals surface area contributed by atoms with Crippen molar-refractivity contribution in [3.8, 4) is 11.3 Å². The maximum Gasteiger partial charge on any atom is 0.230 e. The molecule has 4 aliphatic carbocycles. The first-order valence-electron chi connectivity index (χ1n) is 9.10. The van der Waals surface area contributed by atoms with Crippen molar-refractivity contribution in [2.75, 3.05) is 5.32 Å². The number of hydrogen-bond donors (Lipinski definition) is 2. The van der Waals surface area contributed by atoms with Crippen LogP contribution in [0.15, 0.2) is 36.8 Å². The van der Waals surface area contributed by atoms with Gasteiger partial charge >= 0.3 is 0 Å². The summed E-state index contributed by atoms with van der Waals surface area (Å²) in [5.74, 6) is 2.65. The van der Waals surface area contributed by atoms with Gasteiger partial charge in [-0.1, -0.05) is 12.1 Å². The van der Waals surface area contributed by atoms with Crippen LogP contribution in [0.25, 0.3) is 11.3 Å². The summed E-state index contributed by atoms with van der Waals surface area (Å²) in [4.78, 5) is 20.2. The van der Waals surface area contributed by atoms with Gasteiger partial charge in [-0.05, 0) is 74.0 Å². The SMILES string of the molecule is O=C(Nc1ccc(-c2cnc[nH]2)cc1)C12CC3CC(CC(C3)C1)C2. The highest BCUT2D eigenvalue weighted by atomic mass is 16.2. The van der Waals surface area contributed by atoms with E-state index in [1.807, 2.05) is 30.5 Å². The predicted octanol–water partition coefficient (Wildman–Crippen LogP) is 4.23. The number of benzene rings is 1. The van der Waals surface area contributed by atoms with Gasteiger partial charge in [-0.3, -0.25) is 4.79 Å². The van der Waals surface area contributed by atoms with E-state index in [0.717, 1.165) is 54.0 Å². The number of anilines is 1. The second kappa shape index (κ2) is 5.20. The van der Waals surface area contributed by atoms with E-state index in [9.17, 15) is 4.79 Å². The number of aromatic amines is 1. The highest BCUT2D eigenvalue weighted by Gasteiger charge is 2.54. The van der Waals surface area contributed by atoms with E-state index in [2.05, 4.69) is 15.3 Å². The molecule has 0 radical (unpaired) electrons. The van der Waals surface area contributed by atoms with Crippen LogP contribution < -0.4 is 5.32 Å². The Hall–Kier alpha value is -2.10. The Balaban J connectivity index is 1.33. The zero-order valence-electron chi connectivity index (χ0n) is 13.8. The molecule has 0 atom stereocenters. The zero-order valence-corrected chi connectivity index (χ0v) is 13.8. The van der Waals surface area contributed by atoms with E-state index in [1.54, 1.807) is 6.33 Å². The van der Waals surface area contributed by atoms with Gasteiger partial charge in [0, 0.05) is 5.69 Å². The molecule has 0 saturated heterocycles. The van der Waals surface area contributed by atoms with E-state index in [1.165, 1.54) is 19.3 Å². The lowest BCUT2D eigenvalue weighted by atomic mass is 9.49.